The summed E-state index contributed by atoms with van der Waals surface area (Å²) in [6, 6.07) is 21.3. The number of hydrogen-bond donors (Lipinski definition) is 0. The lowest BCUT2D eigenvalue weighted by Crippen LogP contribution is -2.38. The molecule has 2 heteroatoms. The van der Waals surface area contributed by atoms with Crippen LogP contribution in [0, 0.1) is 34.5 Å². The van der Waals surface area contributed by atoms with Crippen LogP contribution in [0.15, 0.2) is 48.5 Å². The quantitative estimate of drug-likeness (QED) is 0.723. The predicted octanol–water partition coefficient (Wildman–Crippen LogP) is 3.56. The van der Waals surface area contributed by atoms with Crippen LogP contribution >= 0.6 is 0 Å². The second-order valence-electron chi connectivity index (χ2n) is 5.52. The Morgan fingerprint density at radius 3 is 1.15 bits per heavy atom. The van der Waals surface area contributed by atoms with Crippen LogP contribution in [0.5, 0.6) is 0 Å². The van der Waals surface area contributed by atoms with E-state index in [0.29, 0.717) is 0 Å². The first kappa shape index (κ1) is 11.3. The second kappa shape index (κ2) is 3.95. The third kappa shape index (κ3) is 1.21. The van der Waals surface area contributed by atoms with E-state index in [1.807, 2.05) is 24.3 Å². The lowest BCUT2D eigenvalue weighted by Gasteiger charge is -2.45. The largest absolute Gasteiger partial charge is 0.198 e. The van der Waals surface area contributed by atoms with Gasteiger partial charge in [-0.25, -0.2) is 0 Å². The van der Waals surface area contributed by atoms with Crippen LogP contribution in [0.2, 0.25) is 0 Å². The van der Waals surface area contributed by atoms with E-state index < -0.39 is 0 Å². The average Bonchev–Trinajstić information content (AvgIpc) is 2.53. The van der Waals surface area contributed by atoms with Gasteiger partial charge in [-0.1, -0.05) is 48.5 Å². The van der Waals surface area contributed by atoms with Crippen molar-refractivity contribution in [1.29, 1.82) is 10.5 Å². The van der Waals surface area contributed by atoms with Gasteiger partial charge in [-0.05, 0) is 22.3 Å². The van der Waals surface area contributed by atoms with E-state index in [0.717, 1.165) is 0 Å². The fourth-order valence-electron chi connectivity index (χ4n) is 3.99. The Bertz CT molecular complexity index is 665. The summed E-state index contributed by atoms with van der Waals surface area (Å²) in [6.45, 7) is 0. The van der Waals surface area contributed by atoms with E-state index in [4.69, 9.17) is 0 Å². The zero-order valence-electron chi connectivity index (χ0n) is 10.8. The summed E-state index contributed by atoms with van der Waals surface area (Å²) in [6.07, 6.45) is 0. The number of nitrogens with zero attached hydrogens (tertiary/aromatic N) is 2. The Morgan fingerprint density at radius 1 is 0.600 bits per heavy atom. The highest BCUT2D eigenvalue weighted by molar-refractivity contribution is 5.58. The molecule has 0 amide bonds. The molecular formula is C18H12N2. The molecule has 0 fully saturated rings. The summed E-state index contributed by atoms with van der Waals surface area (Å²) in [5, 5.41) is 19.1. The van der Waals surface area contributed by atoms with Crippen molar-refractivity contribution in [3.63, 3.8) is 0 Å². The molecule has 0 aromatic heterocycles. The maximum Gasteiger partial charge on any atom is 0.0740 e. The third-order valence-corrected chi connectivity index (χ3v) is 4.74. The van der Waals surface area contributed by atoms with Gasteiger partial charge in [0.15, 0.2) is 0 Å². The van der Waals surface area contributed by atoms with Gasteiger partial charge in [-0.2, -0.15) is 10.5 Å². The van der Waals surface area contributed by atoms with Crippen molar-refractivity contribution in [2.45, 2.75) is 11.8 Å². The summed E-state index contributed by atoms with van der Waals surface area (Å²) in [5.41, 5.74) is 4.92. The fraction of sp³-hybridized carbons (Fsp3) is 0.222. The van der Waals surface area contributed by atoms with Crippen molar-refractivity contribution < 1.29 is 0 Å². The van der Waals surface area contributed by atoms with Gasteiger partial charge in [0.05, 0.1) is 24.0 Å². The van der Waals surface area contributed by atoms with E-state index >= 15 is 0 Å². The molecule has 0 saturated carbocycles. The molecule has 2 unspecified atom stereocenters. The predicted molar refractivity (Wildman–Crippen MR) is 74.8 cm³/mol. The first-order valence-corrected chi connectivity index (χ1v) is 6.83. The molecular weight excluding hydrogens is 244 g/mol. The standard InChI is InChI=1S/C18H12N2/c19-9-15-16(10-20)18-12-6-2-1-5-11(12)17(15)13-7-3-4-8-14(13)18/h1-8,15-18H. The Hall–Kier alpha value is -2.58. The van der Waals surface area contributed by atoms with Crippen molar-refractivity contribution >= 4 is 0 Å². The molecule has 3 aliphatic rings. The third-order valence-electron chi connectivity index (χ3n) is 4.74. The fourth-order valence-corrected chi connectivity index (χ4v) is 3.99. The van der Waals surface area contributed by atoms with Crippen LogP contribution < -0.4 is 0 Å². The number of hydrogen-bond acceptors (Lipinski definition) is 2. The normalized spacial score (nSPS) is 28.9. The maximum absolute atomic E-state index is 9.56. The Kier molecular flexibility index (Phi) is 2.23. The van der Waals surface area contributed by atoms with Crippen molar-refractivity contribution in [2.24, 2.45) is 11.8 Å². The van der Waals surface area contributed by atoms with Gasteiger partial charge < -0.3 is 0 Å². The minimum atomic E-state index is -0.241. The number of fused-ring (bicyclic) bond motifs is 1. The monoisotopic (exact) mass is 256 g/mol. The van der Waals surface area contributed by atoms with Crippen molar-refractivity contribution in [3.05, 3.63) is 70.8 Å². The first-order chi connectivity index (χ1) is 9.86. The van der Waals surface area contributed by atoms with E-state index in [9.17, 15) is 10.5 Å². The highest BCUT2D eigenvalue weighted by Gasteiger charge is 2.50. The first-order valence-electron chi connectivity index (χ1n) is 6.83. The Labute approximate surface area is 117 Å². The zero-order valence-corrected chi connectivity index (χ0v) is 10.8. The molecule has 2 atom stereocenters. The molecule has 0 aliphatic heterocycles. The summed E-state index contributed by atoms with van der Waals surface area (Å²) < 4.78 is 0. The number of rotatable bonds is 0. The van der Waals surface area contributed by atoms with Gasteiger partial charge in [0.1, 0.15) is 0 Å². The van der Waals surface area contributed by atoms with Gasteiger partial charge in [-0.15, -0.1) is 0 Å². The summed E-state index contributed by atoms with van der Waals surface area (Å²) in [4.78, 5) is 0. The van der Waals surface area contributed by atoms with E-state index in [-0.39, 0.29) is 23.7 Å². The maximum atomic E-state index is 9.56. The Morgan fingerprint density at radius 2 is 0.900 bits per heavy atom. The summed E-state index contributed by atoms with van der Waals surface area (Å²) >= 11 is 0. The Balaban J connectivity index is 2.08. The minimum Gasteiger partial charge on any atom is -0.198 e. The molecule has 0 radical (unpaired) electrons. The van der Waals surface area contributed by atoms with Crippen LogP contribution in [-0.4, -0.2) is 0 Å². The van der Waals surface area contributed by atoms with E-state index in [1.54, 1.807) is 0 Å². The van der Waals surface area contributed by atoms with Gasteiger partial charge in [0.25, 0.3) is 0 Å². The van der Waals surface area contributed by atoms with Gasteiger partial charge in [0.2, 0.25) is 0 Å². The molecule has 2 aromatic carbocycles. The highest BCUT2D eigenvalue weighted by atomic mass is 14.5. The molecule has 0 N–H and O–H groups in total. The summed E-state index contributed by atoms with van der Waals surface area (Å²) in [5.74, 6) is -0.395. The van der Waals surface area contributed by atoms with E-state index in [2.05, 4.69) is 36.4 Å². The second-order valence-corrected chi connectivity index (χ2v) is 5.52. The molecule has 20 heavy (non-hydrogen) atoms. The van der Waals surface area contributed by atoms with Crippen LogP contribution in [0.3, 0.4) is 0 Å². The molecule has 5 rings (SSSR count). The van der Waals surface area contributed by atoms with Crippen LogP contribution in [0.1, 0.15) is 34.1 Å². The van der Waals surface area contributed by atoms with Crippen molar-refractivity contribution in [1.82, 2.24) is 0 Å². The lowest BCUT2D eigenvalue weighted by atomic mass is 9.55. The smallest absolute Gasteiger partial charge is 0.0740 e. The van der Waals surface area contributed by atoms with Gasteiger partial charge in [-0.3, -0.25) is 0 Å². The molecule has 0 saturated heterocycles. The SMILES string of the molecule is N#CC1C2c3ccccc3C(c3ccccc32)C1C#N. The van der Waals surface area contributed by atoms with E-state index in [1.165, 1.54) is 22.3 Å². The van der Waals surface area contributed by atoms with Crippen LogP contribution in [0.4, 0.5) is 0 Å². The molecule has 3 aliphatic carbocycles. The van der Waals surface area contributed by atoms with Gasteiger partial charge >= 0.3 is 0 Å². The molecule has 0 spiro atoms. The van der Waals surface area contributed by atoms with Crippen molar-refractivity contribution in [3.8, 4) is 12.1 Å². The van der Waals surface area contributed by atoms with Crippen LogP contribution in [-0.2, 0) is 0 Å². The highest BCUT2D eigenvalue weighted by Crippen LogP contribution is 2.57. The molecule has 2 bridgehead atoms. The minimum absolute atomic E-state index is 0.0436. The topological polar surface area (TPSA) is 47.6 Å². The van der Waals surface area contributed by atoms with Crippen LogP contribution in [0.25, 0.3) is 0 Å². The molecule has 2 aromatic rings. The average molecular weight is 256 g/mol. The number of nitriles is 2. The number of benzene rings is 2. The molecule has 0 heterocycles. The van der Waals surface area contributed by atoms with Gasteiger partial charge in [0, 0.05) is 11.8 Å². The zero-order chi connectivity index (χ0) is 13.7. The summed E-state index contributed by atoms with van der Waals surface area (Å²) in [7, 11) is 0. The molecule has 94 valence electrons. The molecule has 2 nitrogen and oxygen atoms in total. The van der Waals surface area contributed by atoms with Crippen molar-refractivity contribution in [2.75, 3.05) is 0 Å². The lowest BCUT2D eigenvalue weighted by molar-refractivity contribution is 0.350.